The molecule has 0 saturated heterocycles. The Kier molecular flexibility index (Phi) is 4.44. The highest BCUT2D eigenvalue weighted by Crippen LogP contribution is 2.39. The second-order valence-corrected chi connectivity index (χ2v) is 6.13. The zero-order valence-electron chi connectivity index (χ0n) is 11.8. The van der Waals surface area contributed by atoms with E-state index >= 15 is 0 Å². The number of imidazole rings is 1. The molecular formula is C15H26N2O. The first-order valence-electron chi connectivity index (χ1n) is 7.29. The van der Waals surface area contributed by atoms with E-state index in [4.69, 9.17) is 0 Å². The van der Waals surface area contributed by atoms with Gasteiger partial charge in [-0.25, -0.2) is 4.98 Å². The molecule has 3 nitrogen and oxygen atoms in total. The van der Waals surface area contributed by atoms with Crippen molar-refractivity contribution in [1.29, 1.82) is 0 Å². The zero-order valence-corrected chi connectivity index (χ0v) is 11.8. The van der Waals surface area contributed by atoms with Crippen LogP contribution >= 0.6 is 0 Å². The van der Waals surface area contributed by atoms with E-state index in [1.165, 1.54) is 6.42 Å². The summed E-state index contributed by atoms with van der Waals surface area (Å²) in [5.41, 5.74) is 1.00. The van der Waals surface area contributed by atoms with Crippen LogP contribution in [0.15, 0.2) is 12.5 Å². The van der Waals surface area contributed by atoms with Gasteiger partial charge >= 0.3 is 0 Å². The molecule has 0 spiro atoms. The normalized spacial score (nSPS) is 30.3. The molecule has 1 fully saturated rings. The maximum absolute atomic E-state index is 10.6. The van der Waals surface area contributed by atoms with E-state index in [9.17, 15) is 5.11 Å². The first kappa shape index (κ1) is 13.6. The minimum absolute atomic E-state index is 0.343. The predicted molar refractivity (Wildman–Crippen MR) is 73.1 cm³/mol. The van der Waals surface area contributed by atoms with E-state index in [0.29, 0.717) is 5.92 Å². The lowest BCUT2D eigenvalue weighted by Crippen LogP contribution is -2.26. The predicted octanol–water partition coefficient (Wildman–Crippen LogP) is 3.40. The third kappa shape index (κ3) is 2.94. The van der Waals surface area contributed by atoms with Crippen LogP contribution in [0.5, 0.6) is 0 Å². The van der Waals surface area contributed by atoms with Gasteiger partial charge in [0.25, 0.3) is 0 Å². The van der Waals surface area contributed by atoms with E-state index in [2.05, 4.69) is 30.3 Å². The van der Waals surface area contributed by atoms with Gasteiger partial charge < -0.3 is 9.67 Å². The lowest BCUT2D eigenvalue weighted by Gasteiger charge is -2.34. The van der Waals surface area contributed by atoms with Gasteiger partial charge in [0.1, 0.15) is 0 Å². The molecule has 0 radical (unpaired) electrons. The monoisotopic (exact) mass is 250 g/mol. The van der Waals surface area contributed by atoms with Crippen LogP contribution < -0.4 is 0 Å². The van der Waals surface area contributed by atoms with Crippen molar-refractivity contribution in [2.45, 2.75) is 59.1 Å². The summed E-state index contributed by atoms with van der Waals surface area (Å²) < 4.78 is 2.11. The van der Waals surface area contributed by atoms with Crippen molar-refractivity contribution >= 4 is 0 Å². The molecule has 18 heavy (non-hydrogen) atoms. The molecule has 1 saturated carbocycles. The summed E-state index contributed by atoms with van der Waals surface area (Å²) in [5, 5.41) is 10.6. The highest BCUT2D eigenvalue weighted by molar-refractivity contribution is 5.05. The molecule has 0 bridgehead atoms. The van der Waals surface area contributed by atoms with E-state index in [1.807, 2.05) is 12.5 Å². The van der Waals surface area contributed by atoms with E-state index in [1.54, 1.807) is 0 Å². The number of aromatic nitrogens is 2. The number of aliphatic hydroxyl groups is 1. The van der Waals surface area contributed by atoms with Crippen LogP contribution in [0.25, 0.3) is 0 Å². The third-order valence-corrected chi connectivity index (χ3v) is 4.17. The Morgan fingerprint density at radius 2 is 2.00 bits per heavy atom. The fourth-order valence-electron chi connectivity index (χ4n) is 3.51. The van der Waals surface area contributed by atoms with Crippen molar-refractivity contribution in [1.82, 2.24) is 9.55 Å². The molecule has 3 atom stereocenters. The van der Waals surface area contributed by atoms with Gasteiger partial charge in [0.2, 0.25) is 0 Å². The summed E-state index contributed by atoms with van der Waals surface area (Å²) in [6.07, 6.45) is 8.00. The average molecular weight is 250 g/mol. The Bertz CT molecular complexity index is 364. The number of hydrogen-bond acceptors (Lipinski definition) is 2. The van der Waals surface area contributed by atoms with Gasteiger partial charge in [-0.1, -0.05) is 20.8 Å². The summed E-state index contributed by atoms with van der Waals surface area (Å²) in [7, 11) is 0. The summed E-state index contributed by atoms with van der Waals surface area (Å²) >= 11 is 0. The zero-order chi connectivity index (χ0) is 13.1. The van der Waals surface area contributed by atoms with Crippen molar-refractivity contribution in [2.75, 3.05) is 0 Å². The Labute approximate surface area is 110 Å². The lowest BCUT2D eigenvalue weighted by molar-refractivity contribution is 0.0495. The van der Waals surface area contributed by atoms with Crippen molar-refractivity contribution in [2.24, 2.45) is 17.8 Å². The summed E-state index contributed by atoms with van der Waals surface area (Å²) in [4.78, 5) is 4.20. The molecule has 3 unspecified atom stereocenters. The van der Waals surface area contributed by atoms with Gasteiger partial charge in [-0.05, 0) is 43.4 Å². The van der Waals surface area contributed by atoms with Crippen LogP contribution in [-0.2, 0) is 6.54 Å². The third-order valence-electron chi connectivity index (χ3n) is 4.17. The van der Waals surface area contributed by atoms with E-state index in [-0.39, 0.29) is 6.10 Å². The molecule has 0 aliphatic heterocycles. The minimum atomic E-state index is -0.343. The smallest absolute Gasteiger partial charge is 0.0984 e. The topological polar surface area (TPSA) is 38.0 Å². The molecule has 1 aromatic heterocycles. The molecule has 1 aliphatic rings. The van der Waals surface area contributed by atoms with Crippen LogP contribution in [0.4, 0.5) is 0 Å². The lowest BCUT2D eigenvalue weighted by atomic mass is 9.74. The number of aliphatic hydroxyl groups excluding tert-OH is 1. The number of hydrogen-bond donors (Lipinski definition) is 1. The molecule has 1 aliphatic carbocycles. The standard InChI is InChI=1S/C15H26N2O/c1-4-5-17-10-16-9-14(17)15(18)13-7-11(2)6-12(3)8-13/h9-13,15,18H,4-8H2,1-3H3. The summed E-state index contributed by atoms with van der Waals surface area (Å²) in [6, 6.07) is 0. The van der Waals surface area contributed by atoms with E-state index in [0.717, 1.165) is 43.3 Å². The molecule has 3 heteroatoms. The molecule has 0 amide bonds. The molecule has 102 valence electrons. The number of rotatable bonds is 4. The quantitative estimate of drug-likeness (QED) is 0.889. The number of aryl methyl sites for hydroxylation is 1. The van der Waals surface area contributed by atoms with Crippen molar-refractivity contribution in [3.63, 3.8) is 0 Å². The largest absolute Gasteiger partial charge is 0.387 e. The van der Waals surface area contributed by atoms with Gasteiger partial charge in [0, 0.05) is 6.54 Å². The van der Waals surface area contributed by atoms with Crippen molar-refractivity contribution < 1.29 is 5.11 Å². The second-order valence-electron chi connectivity index (χ2n) is 6.13. The van der Waals surface area contributed by atoms with Crippen molar-refractivity contribution in [3.05, 3.63) is 18.2 Å². The van der Waals surface area contributed by atoms with Crippen LogP contribution in [-0.4, -0.2) is 14.7 Å². The maximum atomic E-state index is 10.6. The van der Waals surface area contributed by atoms with Gasteiger partial charge in [0.15, 0.2) is 0 Å². The maximum Gasteiger partial charge on any atom is 0.0984 e. The number of nitrogens with zero attached hydrogens (tertiary/aromatic N) is 2. The molecule has 2 rings (SSSR count). The molecule has 1 N–H and O–H groups in total. The Balaban J connectivity index is 2.09. The Morgan fingerprint density at radius 1 is 1.33 bits per heavy atom. The minimum Gasteiger partial charge on any atom is -0.387 e. The molecule has 1 aromatic rings. The van der Waals surface area contributed by atoms with Crippen LogP contribution in [0.1, 0.15) is 58.3 Å². The second kappa shape index (κ2) is 5.87. The average Bonchev–Trinajstić information content (AvgIpc) is 2.75. The summed E-state index contributed by atoms with van der Waals surface area (Å²) in [5.74, 6) is 1.86. The highest BCUT2D eigenvalue weighted by Gasteiger charge is 2.31. The van der Waals surface area contributed by atoms with Gasteiger partial charge in [-0.2, -0.15) is 0 Å². The Hall–Kier alpha value is -0.830. The Morgan fingerprint density at radius 3 is 2.61 bits per heavy atom. The van der Waals surface area contributed by atoms with Crippen LogP contribution in [0, 0.1) is 17.8 Å². The van der Waals surface area contributed by atoms with Gasteiger partial charge in [-0.15, -0.1) is 0 Å². The van der Waals surface area contributed by atoms with Crippen molar-refractivity contribution in [3.8, 4) is 0 Å². The van der Waals surface area contributed by atoms with Gasteiger partial charge in [0.05, 0.1) is 24.3 Å². The van der Waals surface area contributed by atoms with E-state index < -0.39 is 0 Å². The fourth-order valence-corrected chi connectivity index (χ4v) is 3.51. The molecule has 1 heterocycles. The van der Waals surface area contributed by atoms with Crippen LogP contribution in [0.3, 0.4) is 0 Å². The first-order chi connectivity index (χ1) is 8.61. The molecule has 0 aromatic carbocycles. The van der Waals surface area contributed by atoms with Crippen LogP contribution in [0.2, 0.25) is 0 Å². The van der Waals surface area contributed by atoms with Gasteiger partial charge in [-0.3, -0.25) is 0 Å². The SMILES string of the molecule is CCCn1cncc1C(O)C1CC(C)CC(C)C1. The first-order valence-corrected chi connectivity index (χ1v) is 7.29. The highest BCUT2D eigenvalue weighted by atomic mass is 16.3. The summed E-state index contributed by atoms with van der Waals surface area (Å²) in [6.45, 7) is 7.71. The molecular weight excluding hydrogens is 224 g/mol. The fraction of sp³-hybridized carbons (Fsp3) is 0.800.